The van der Waals surface area contributed by atoms with Crippen molar-refractivity contribution in [3.63, 3.8) is 0 Å². The highest BCUT2D eigenvalue weighted by Crippen LogP contribution is 2.23. The lowest BCUT2D eigenvalue weighted by molar-refractivity contribution is 0.0268. The second kappa shape index (κ2) is 5.59. The Balaban J connectivity index is 2.23. The molecule has 1 fully saturated rings. The molecule has 2 rings (SSSR count). The lowest BCUT2D eigenvalue weighted by Gasteiger charge is -2.25. The van der Waals surface area contributed by atoms with Crippen molar-refractivity contribution in [1.29, 1.82) is 0 Å². The minimum absolute atomic E-state index is 0.0851. The predicted molar refractivity (Wildman–Crippen MR) is 63.6 cm³/mol. The standard InChI is InChI=1S/C11H16ClN3O/c1-13-6-9-8(2-3-11(12)15-9)10-7-14-4-5-16-10/h2-3,10,13-14H,4-7H2,1H3. The zero-order chi connectivity index (χ0) is 11.4. The molecule has 0 saturated carbocycles. The first-order chi connectivity index (χ1) is 7.81. The van der Waals surface area contributed by atoms with Gasteiger partial charge >= 0.3 is 0 Å². The van der Waals surface area contributed by atoms with Gasteiger partial charge in [-0.1, -0.05) is 17.7 Å². The van der Waals surface area contributed by atoms with Crippen LogP contribution in [0.15, 0.2) is 12.1 Å². The van der Waals surface area contributed by atoms with Crippen LogP contribution < -0.4 is 10.6 Å². The number of rotatable bonds is 3. The highest BCUT2D eigenvalue weighted by Gasteiger charge is 2.19. The summed E-state index contributed by atoms with van der Waals surface area (Å²) in [6.07, 6.45) is 0.0851. The summed E-state index contributed by atoms with van der Waals surface area (Å²) in [6.45, 7) is 3.20. The van der Waals surface area contributed by atoms with Gasteiger partial charge in [-0.3, -0.25) is 0 Å². The van der Waals surface area contributed by atoms with Gasteiger partial charge in [-0.2, -0.15) is 0 Å². The highest BCUT2D eigenvalue weighted by molar-refractivity contribution is 6.29. The fraction of sp³-hybridized carbons (Fsp3) is 0.545. The van der Waals surface area contributed by atoms with Crippen molar-refractivity contribution in [3.8, 4) is 0 Å². The molecule has 4 nitrogen and oxygen atoms in total. The number of hydrogen-bond donors (Lipinski definition) is 2. The van der Waals surface area contributed by atoms with Gasteiger partial charge in [-0.05, 0) is 13.1 Å². The van der Waals surface area contributed by atoms with Gasteiger partial charge in [0, 0.05) is 25.2 Å². The molecule has 2 heterocycles. The van der Waals surface area contributed by atoms with Crippen LogP contribution in [0.25, 0.3) is 0 Å². The van der Waals surface area contributed by atoms with Crippen LogP contribution in [0.1, 0.15) is 17.4 Å². The minimum atomic E-state index is 0.0851. The fourth-order valence-corrected chi connectivity index (χ4v) is 2.02. The van der Waals surface area contributed by atoms with Crippen molar-refractivity contribution < 1.29 is 4.74 Å². The number of nitrogens with one attached hydrogen (secondary N) is 2. The maximum Gasteiger partial charge on any atom is 0.129 e. The van der Waals surface area contributed by atoms with E-state index in [0.29, 0.717) is 11.7 Å². The van der Waals surface area contributed by atoms with E-state index in [2.05, 4.69) is 15.6 Å². The van der Waals surface area contributed by atoms with Gasteiger partial charge in [-0.15, -0.1) is 0 Å². The van der Waals surface area contributed by atoms with E-state index in [1.54, 1.807) is 0 Å². The molecule has 0 aromatic carbocycles. The number of pyridine rings is 1. The first-order valence-corrected chi connectivity index (χ1v) is 5.81. The Morgan fingerprint density at radius 2 is 2.50 bits per heavy atom. The molecular formula is C11H16ClN3O. The lowest BCUT2D eigenvalue weighted by atomic mass is 10.1. The minimum Gasteiger partial charge on any atom is -0.371 e. The van der Waals surface area contributed by atoms with Gasteiger partial charge in [0.05, 0.1) is 18.4 Å². The van der Waals surface area contributed by atoms with Crippen molar-refractivity contribution in [2.45, 2.75) is 12.6 Å². The second-order valence-electron chi connectivity index (χ2n) is 3.76. The van der Waals surface area contributed by atoms with Crippen molar-refractivity contribution >= 4 is 11.6 Å². The third kappa shape index (κ3) is 2.71. The molecule has 0 spiro atoms. The fourth-order valence-electron chi connectivity index (χ4n) is 1.85. The first kappa shape index (κ1) is 11.8. The number of aromatic nitrogens is 1. The van der Waals surface area contributed by atoms with Crippen LogP contribution in [-0.2, 0) is 11.3 Å². The average Bonchev–Trinajstić information content (AvgIpc) is 2.31. The first-order valence-electron chi connectivity index (χ1n) is 5.43. The summed E-state index contributed by atoms with van der Waals surface area (Å²) < 4.78 is 5.72. The maximum atomic E-state index is 5.90. The third-order valence-electron chi connectivity index (χ3n) is 2.59. The van der Waals surface area contributed by atoms with Crippen LogP contribution >= 0.6 is 11.6 Å². The van der Waals surface area contributed by atoms with Crippen molar-refractivity contribution in [1.82, 2.24) is 15.6 Å². The molecule has 1 aromatic rings. The number of halogens is 1. The molecule has 1 saturated heterocycles. The lowest BCUT2D eigenvalue weighted by Crippen LogP contribution is -2.34. The van der Waals surface area contributed by atoms with Gasteiger partial charge in [0.1, 0.15) is 5.15 Å². The Labute approximate surface area is 100 Å². The maximum absolute atomic E-state index is 5.90. The second-order valence-corrected chi connectivity index (χ2v) is 4.15. The van der Waals surface area contributed by atoms with E-state index in [-0.39, 0.29) is 6.10 Å². The van der Waals surface area contributed by atoms with Gasteiger partial charge < -0.3 is 15.4 Å². The molecule has 0 aliphatic carbocycles. The average molecular weight is 242 g/mol. The molecule has 1 aliphatic rings. The predicted octanol–water partition coefficient (Wildman–Crippen LogP) is 1.12. The molecule has 1 unspecified atom stereocenters. The number of morpholine rings is 1. The molecule has 0 bridgehead atoms. The summed E-state index contributed by atoms with van der Waals surface area (Å²) in [5.41, 5.74) is 2.08. The normalized spacial score (nSPS) is 21.0. The molecule has 1 aliphatic heterocycles. The molecular weight excluding hydrogens is 226 g/mol. The largest absolute Gasteiger partial charge is 0.371 e. The van der Waals surface area contributed by atoms with Crippen LogP contribution in [0.2, 0.25) is 5.15 Å². The summed E-state index contributed by atoms with van der Waals surface area (Å²) >= 11 is 5.90. The van der Waals surface area contributed by atoms with Crippen LogP contribution in [0.3, 0.4) is 0 Å². The number of hydrogen-bond acceptors (Lipinski definition) is 4. The molecule has 2 N–H and O–H groups in total. The Morgan fingerprint density at radius 3 is 3.19 bits per heavy atom. The smallest absolute Gasteiger partial charge is 0.129 e. The van der Waals surface area contributed by atoms with Crippen molar-refractivity contribution in [2.24, 2.45) is 0 Å². The molecule has 5 heteroatoms. The van der Waals surface area contributed by atoms with E-state index in [9.17, 15) is 0 Å². The molecule has 0 radical (unpaired) electrons. The van der Waals surface area contributed by atoms with E-state index in [4.69, 9.17) is 16.3 Å². The van der Waals surface area contributed by atoms with Crippen LogP contribution in [-0.4, -0.2) is 31.7 Å². The van der Waals surface area contributed by atoms with Gasteiger partial charge in [0.15, 0.2) is 0 Å². The molecule has 1 aromatic heterocycles. The molecule has 1 atom stereocenters. The van der Waals surface area contributed by atoms with Gasteiger partial charge in [-0.25, -0.2) is 4.98 Å². The Bertz CT molecular complexity index is 353. The quantitative estimate of drug-likeness (QED) is 0.779. The molecule has 0 amide bonds. The monoisotopic (exact) mass is 241 g/mol. The van der Waals surface area contributed by atoms with E-state index in [1.165, 1.54) is 0 Å². The van der Waals surface area contributed by atoms with Gasteiger partial charge in [0.2, 0.25) is 0 Å². The van der Waals surface area contributed by atoms with Crippen molar-refractivity contribution in [3.05, 3.63) is 28.5 Å². The van der Waals surface area contributed by atoms with E-state index in [0.717, 1.165) is 31.0 Å². The van der Waals surface area contributed by atoms with E-state index in [1.807, 2.05) is 19.2 Å². The number of ether oxygens (including phenoxy) is 1. The summed E-state index contributed by atoms with van der Waals surface area (Å²) in [6, 6.07) is 3.81. The SMILES string of the molecule is CNCc1nc(Cl)ccc1C1CNCCO1. The van der Waals surface area contributed by atoms with Crippen LogP contribution in [0.4, 0.5) is 0 Å². The zero-order valence-electron chi connectivity index (χ0n) is 9.29. The Morgan fingerprint density at radius 1 is 1.62 bits per heavy atom. The van der Waals surface area contributed by atoms with Crippen LogP contribution in [0, 0.1) is 0 Å². The van der Waals surface area contributed by atoms with E-state index < -0.39 is 0 Å². The Kier molecular flexibility index (Phi) is 4.12. The molecule has 88 valence electrons. The number of nitrogens with zero attached hydrogens (tertiary/aromatic N) is 1. The third-order valence-corrected chi connectivity index (χ3v) is 2.80. The summed E-state index contributed by atoms with van der Waals surface area (Å²) in [5, 5.41) is 6.93. The van der Waals surface area contributed by atoms with E-state index >= 15 is 0 Å². The topological polar surface area (TPSA) is 46.2 Å². The Hall–Kier alpha value is -0.680. The molecule has 16 heavy (non-hydrogen) atoms. The van der Waals surface area contributed by atoms with Crippen LogP contribution in [0.5, 0.6) is 0 Å². The summed E-state index contributed by atoms with van der Waals surface area (Å²) in [5.74, 6) is 0. The zero-order valence-corrected chi connectivity index (χ0v) is 10.0. The summed E-state index contributed by atoms with van der Waals surface area (Å²) in [7, 11) is 1.90. The highest BCUT2D eigenvalue weighted by atomic mass is 35.5. The van der Waals surface area contributed by atoms with Crippen molar-refractivity contribution in [2.75, 3.05) is 26.7 Å². The summed E-state index contributed by atoms with van der Waals surface area (Å²) in [4.78, 5) is 4.33. The van der Waals surface area contributed by atoms with Gasteiger partial charge in [0.25, 0.3) is 0 Å².